The van der Waals surface area contributed by atoms with Crippen LogP contribution < -0.4 is 10.6 Å². The number of terminal acetylenes is 1. The number of anilines is 2. The molecule has 0 unspecified atom stereocenters. The number of hydrogen-bond donors (Lipinski definition) is 2. The molecule has 37 heavy (non-hydrogen) atoms. The Balaban J connectivity index is 0.00000247. The highest BCUT2D eigenvalue weighted by atomic mass is 19.1. The summed E-state index contributed by atoms with van der Waals surface area (Å²) in [7, 11) is 0. The van der Waals surface area contributed by atoms with Gasteiger partial charge in [0, 0.05) is 35.4 Å². The zero-order valence-electron chi connectivity index (χ0n) is 22.2. The molecule has 1 heterocycles. The van der Waals surface area contributed by atoms with E-state index in [1.54, 1.807) is 6.08 Å². The van der Waals surface area contributed by atoms with Gasteiger partial charge in [0.15, 0.2) is 0 Å². The molecule has 0 bridgehead atoms. The fourth-order valence-electron chi connectivity index (χ4n) is 3.42. The summed E-state index contributed by atoms with van der Waals surface area (Å²) in [5.74, 6) is 1.49. The first-order chi connectivity index (χ1) is 17.3. The van der Waals surface area contributed by atoms with Gasteiger partial charge in [0.25, 0.3) is 5.91 Å². The third-order valence-electron chi connectivity index (χ3n) is 4.97. The van der Waals surface area contributed by atoms with Gasteiger partial charge in [0.2, 0.25) is 5.91 Å². The maximum absolute atomic E-state index is 13.1. The fourth-order valence-corrected chi connectivity index (χ4v) is 3.42. The summed E-state index contributed by atoms with van der Waals surface area (Å²) in [6, 6.07) is 15.0. The van der Waals surface area contributed by atoms with Crippen molar-refractivity contribution in [2.45, 2.75) is 62.3 Å². The minimum absolute atomic E-state index is 0. The van der Waals surface area contributed by atoms with E-state index in [2.05, 4.69) is 21.1 Å². The first-order valence-corrected chi connectivity index (χ1v) is 12.2. The van der Waals surface area contributed by atoms with Gasteiger partial charge in [0.05, 0.1) is 5.57 Å². The van der Waals surface area contributed by atoms with Gasteiger partial charge in [-0.1, -0.05) is 48.0 Å². The van der Waals surface area contributed by atoms with Gasteiger partial charge in [0.1, 0.15) is 5.82 Å². The number of nitrogens with one attached hydrogen (secondary N) is 2. The van der Waals surface area contributed by atoms with Crippen molar-refractivity contribution >= 4 is 29.3 Å². The Bertz CT molecular complexity index is 1220. The average Bonchev–Trinajstić information content (AvgIpc) is 3.21. The van der Waals surface area contributed by atoms with E-state index in [0.29, 0.717) is 5.69 Å². The molecule has 198 valence electrons. The highest BCUT2D eigenvalue weighted by molar-refractivity contribution is 6.10. The molecule has 2 amide bonds. The van der Waals surface area contributed by atoms with Crippen molar-refractivity contribution in [3.05, 3.63) is 82.9 Å². The molecule has 3 aromatic rings. The molecule has 0 saturated heterocycles. The van der Waals surface area contributed by atoms with Crippen molar-refractivity contribution in [1.82, 2.24) is 4.57 Å². The lowest BCUT2D eigenvalue weighted by atomic mass is 10.1. The van der Waals surface area contributed by atoms with Gasteiger partial charge in [-0.05, 0) is 79.6 Å². The number of carbonyl (C=O) groups is 2. The van der Waals surface area contributed by atoms with E-state index in [0.717, 1.165) is 34.7 Å². The van der Waals surface area contributed by atoms with E-state index in [1.165, 1.54) is 31.2 Å². The van der Waals surface area contributed by atoms with Crippen molar-refractivity contribution in [3.63, 3.8) is 0 Å². The van der Waals surface area contributed by atoms with Crippen LogP contribution in [0.1, 0.15) is 65.9 Å². The summed E-state index contributed by atoms with van der Waals surface area (Å²) in [6.07, 6.45) is 8.06. The molecule has 0 saturated carbocycles. The molecule has 1 aromatic heterocycles. The van der Waals surface area contributed by atoms with E-state index >= 15 is 0 Å². The van der Waals surface area contributed by atoms with Crippen molar-refractivity contribution in [3.8, 4) is 18.0 Å². The molecule has 0 atom stereocenters. The Morgan fingerprint density at radius 3 is 1.97 bits per heavy atom. The summed E-state index contributed by atoms with van der Waals surface area (Å²) in [5.41, 5.74) is 5.09. The van der Waals surface area contributed by atoms with Gasteiger partial charge in [-0.15, -0.1) is 6.42 Å². The van der Waals surface area contributed by atoms with Crippen LogP contribution in [0.3, 0.4) is 0 Å². The fraction of sp³-hybridized carbons (Fsp3) is 0.290. The van der Waals surface area contributed by atoms with Gasteiger partial charge in [-0.25, -0.2) is 4.39 Å². The lowest BCUT2D eigenvalue weighted by Crippen LogP contribution is -2.13. The normalized spacial score (nSPS) is 9.86. The van der Waals surface area contributed by atoms with Crippen LogP contribution in [-0.4, -0.2) is 16.4 Å². The third kappa shape index (κ3) is 9.12. The molecule has 0 aliphatic rings. The number of hydrogen-bond acceptors (Lipinski definition) is 2. The quantitative estimate of drug-likeness (QED) is 0.265. The second-order valence-corrected chi connectivity index (χ2v) is 7.26. The molecule has 6 heteroatoms. The Morgan fingerprint density at radius 2 is 1.49 bits per heavy atom. The van der Waals surface area contributed by atoms with E-state index in [9.17, 15) is 14.0 Å². The van der Waals surface area contributed by atoms with Crippen molar-refractivity contribution in [2.24, 2.45) is 0 Å². The number of amides is 2. The maximum Gasteiger partial charge on any atom is 0.264 e. The van der Waals surface area contributed by atoms with Crippen LogP contribution in [0.25, 0.3) is 11.8 Å². The van der Waals surface area contributed by atoms with E-state index in [4.69, 9.17) is 6.42 Å². The Morgan fingerprint density at radius 1 is 0.973 bits per heavy atom. The molecule has 0 spiro atoms. The van der Waals surface area contributed by atoms with Crippen molar-refractivity contribution < 1.29 is 14.0 Å². The lowest BCUT2D eigenvalue weighted by molar-refractivity contribution is -0.114. The SMILES string of the molecule is C.C#C/C(=C\c1cc(CC)n(-c2ccc(NC(C)=O)cc2)c1C)C(=O)Nc1ccc(F)cc1.CC.CC. The standard InChI is InChI=1S/C26H24FN3O2.2C2H6.CH4/c1-5-19(26(32)29-23-9-7-21(27)8-10-23)15-20-16-24(6-2)30(17(20)3)25-13-11-22(12-14-25)28-18(4)31;2*1-2;/h1,7-16H,6H2,2-4H3,(H,28,31)(H,29,32);2*1-2H3;1H4/b19-15+;;;. The Hall–Kier alpha value is -4.11. The second-order valence-electron chi connectivity index (χ2n) is 7.26. The highest BCUT2D eigenvalue weighted by Gasteiger charge is 2.14. The van der Waals surface area contributed by atoms with Gasteiger partial charge in [-0.2, -0.15) is 0 Å². The number of nitrogens with zero attached hydrogens (tertiary/aromatic N) is 1. The lowest BCUT2D eigenvalue weighted by Gasteiger charge is -2.12. The minimum Gasteiger partial charge on any atom is -0.326 e. The van der Waals surface area contributed by atoms with Gasteiger partial charge < -0.3 is 15.2 Å². The first kappa shape index (κ1) is 32.9. The number of rotatable bonds is 6. The molecule has 2 N–H and O–H groups in total. The van der Waals surface area contributed by atoms with Crippen LogP contribution in [0, 0.1) is 25.1 Å². The number of halogens is 1. The molecule has 3 rings (SSSR count). The second kappa shape index (κ2) is 16.5. The number of benzene rings is 2. The van der Waals surface area contributed by atoms with Crippen LogP contribution in [0.5, 0.6) is 0 Å². The molecular weight excluding hydrogens is 465 g/mol. The summed E-state index contributed by atoms with van der Waals surface area (Å²) in [4.78, 5) is 23.9. The number of carbonyl (C=O) groups excluding carboxylic acids is 2. The van der Waals surface area contributed by atoms with Gasteiger partial charge >= 0.3 is 0 Å². The van der Waals surface area contributed by atoms with Crippen molar-refractivity contribution in [1.29, 1.82) is 0 Å². The number of aromatic nitrogens is 1. The largest absolute Gasteiger partial charge is 0.326 e. The molecule has 5 nitrogen and oxygen atoms in total. The summed E-state index contributed by atoms with van der Waals surface area (Å²) >= 11 is 0. The smallest absolute Gasteiger partial charge is 0.264 e. The Kier molecular flexibility index (Phi) is 14.7. The Labute approximate surface area is 221 Å². The zero-order chi connectivity index (χ0) is 27.3. The topological polar surface area (TPSA) is 63.1 Å². The van der Waals surface area contributed by atoms with Crippen LogP contribution in [0.2, 0.25) is 0 Å². The van der Waals surface area contributed by atoms with Crippen molar-refractivity contribution in [2.75, 3.05) is 10.6 Å². The monoisotopic (exact) mass is 505 g/mol. The van der Waals surface area contributed by atoms with E-state index in [1.807, 2.05) is 71.9 Å². The predicted molar refractivity (Wildman–Crippen MR) is 155 cm³/mol. The molecule has 0 aliphatic carbocycles. The van der Waals surface area contributed by atoms with Crippen LogP contribution in [0.15, 0.2) is 60.2 Å². The maximum atomic E-state index is 13.1. The van der Waals surface area contributed by atoms with Crippen LogP contribution in [-0.2, 0) is 16.0 Å². The summed E-state index contributed by atoms with van der Waals surface area (Å²) in [5, 5.41) is 5.45. The molecular formula is C31H40FN3O2. The van der Waals surface area contributed by atoms with Crippen LogP contribution >= 0.6 is 0 Å². The average molecular weight is 506 g/mol. The molecule has 0 radical (unpaired) electrons. The third-order valence-corrected chi connectivity index (χ3v) is 4.97. The molecule has 2 aromatic carbocycles. The summed E-state index contributed by atoms with van der Waals surface area (Å²) < 4.78 is 15.2. The highest BCUT2D eigenvalue weighted by Crippen LogP contribution is 2.25. The van der Waals surface area contributed by atoms with Gasteiger partial charge in [-0.3, -0.25) is 9.59 Å². The minimum atomic E-state index is -0.441. The molecule has 0 aliphatic heterocycles. The zero-order valence-corrected chi connectivity index (χ0v) is 22.2. The number of aryl methyl sites for hydroxylation is 1. The van der Waals surface area contributed by atoms with E-state index < -0.39 is 5.91 Å². The predicted octanol–water partition coefficient (Wildman–Crippen LogP) is 7.79. The first-order valence-electron chi connectivity index (χ1n) is 12.2. The van der Waals surface area contributed by atoms with E-state index in [-0.39, 0.29) is 24.7 Å². The summed E-state index contributed by atoms with van der Waals surface area (Å²) in [6.45, 7) is 13.5. The molecule has 0 fully saturated rings. The van der Waals surface area contributed by atoms with Crippen LogP contribution in [0.4, 0.5) is 15.8 Å².